The molecule has 4 rings (SSSR count). The first kappa shape index (κ1) is 20.9. The largest absolute Gasteiger partial charge is 0.507 e. The molecule has 0 bridgehead atoms. The van der Waals surface area contributed by atoms with Gasteiger partial charge in [-0.25, -0.2) is 0 Å². The van der Waals surface area contributed by atoms with E-state index in [1.165, 1.54) is 42.5 Å². The molecule has 1 aliphatic rings. The predicted octanol–water partition coefficient (Wildman–Crippen LogP) is 3.27. The fourth-order valence-corrected chi connectivity index (χ4v) is 4.40. The van der Waals surface area contributed by atoms with Crippen LogP contribution in [0, 0.1) is 0 Å². The molecule has 0 fully saturated rings. The second-order valence-electron chi connectivity index (χ2n) is 6.78. The number of phenols is 1. The lowest BCUT2D eigenvalue weighted by Crippen LogP contribution is -2.20. The molecule has 0 heterocycles. The fraction of sp³-hybridized carbons (Fsp3) is 0. The van der Waals surface area contributed by atoms with E-state index in [2.05, 4.69) is 4.79 Å². The lowest BCUT2D eigenvalue weighted by molar-refractivity contribution is -0.00436. The number of carbonyl (C=O) groups is 2. The van der Waals surface area contributed by atoms with Crippen molar-refractivity contribution < 1.29 is 32.1 Å². The molecule has 0 amide bonds. The second-order valence-corrected chi connectivity index (χ2v) is 8.29. The topological polar surface area (TPSA) is 134 Å². The predicted molar refractivity (Wildman–Crippen MR) is 114 cm³/mol. The Morgan fingerprint density at radius 1 is 0.969 bits per heavy atom. The molecule has 158 valence electrons. The summed E-state index contributed by atoms with van der Waals surface area (Å²) in [5, 5.41) is 10.3. The number of fused-ring (bicyclic) bond motifs is 1. The van der Waals surface area contributed by atoms with E-state index in [1.807, 2.05) is 0 Å². The number of rotatable bonds is 5. The molecule has 0 saturated heterocycles. The Morgan fingerprint density at radius 3 is 2.41 bits per heavy atom. The highest BCUT2D eigenvalue weighted by Crippen LogP contribution is 2.31. The van der Waals surface area contributed by atoms with E-state index in [9.17, 15) is 23.1 Å². The van der Waals surface area contributed by atoms with Crippen molar-refractivity contribution in [1.29, 1.82) is 0 Å². The van der Waals surface area contributed by atoms with Gasteiger partial charge in [0.05, 0.1) is 5.56 Å². The number of benzene rings is 3. The number of aromatic hydroxyl groups is 1. The van der Waals surface area contributed by atoms with Gasteiger partial charge in [-0.1, -0.05) is 42.5 Å². The van der Waals surface area contributed by atoms with Gasteiger partial charge in [-0.2, -0.15) is 13.2 Å². The zero-order chi connectivity index (χ0) is 22.9. The number of ketones is 2. The van der Waals surface area contributed by atoms with Crippen molar-refractivity contribution in [3.63, 3.8) is 0 Å². The molecular weight excluding hydrogens is 432 g/mol. The lowest BCUT2D eigenvalue weighted by atomic mass is 9.95. The monoisotopic (exact) mass is 446 g/mol. The first-order valence-corrected chi connectivity index (χ1v) is 10.7. The van der Waals surface area contributed by atoms with Gasteiger partial charge in [-0.15, -0.1) is 0 Å². The smallest absolute Gasteiger partial charge is 0.362 e. The van der Waals surface area contributed by atoms with Gasteiger partial charge < -0.3 is 14.8 Å². The molecule has 0 unspecified atom stereocenters. The average Bonchev–Trinajstić information content (AvgIpc) is 2.79. The summed E-state index contributed by atoms with van der Waals surface area (Å²) in [5.74, 6) is -1.72. The summed E-state index contributed by atoms with van der Waals surface area (Å²) in [6.07, 6.45) is 2.53. The van der Waals surface area contributed by atoms with E-state index in [-0.39, 0.29) is 33.0 Å². The van der Waals surface area contributed by atoms with E-state index in [4.69, 9.17) is 9.71 Å². The van der Waals surface area contributed by atoms with Crippen LogP contribution in [0.2, 0.25) is 0 Å². The number of hydrogen-bond acceptors (Lipinski definition) is 6. The van der Waals surface area contributed by atoms with Crippen LogP contribution >= 0.6 is 0 Å². The molecule has 1 aliphatic carbocycles. The maximum absolute atomic E-state index is 12.9. The average molecular weight is 446 g/mol. The van der Waals surface area contributed by atoms with Gasteiger partial charge in [0.2, 0.25) is 0 Å². The van der Waals surface area contributed by atoms with Gasteiger partial charge in [0.15, 0.2) is 5.78 Å². The third-order valence-electron chi connectivity index (χ3n) is 4.78. The van der Waals surface area contributed by atoms with Crippen LogP contribution in [0.4, 0.5) is 0 Å². The molecule has 0 aromatic heterocycles. The van der Waals surface area contributed by atoms with Crippen molar-refractivity contribution in [1.82, 2.24) is 0 Å². The Morgan fingerprint density at radius 2 is 1.72 bits per heavy atom. The SMILES string of the molecule is [N-]=[N+]=C1C=Cc2c(cccc2S(=O)(=O)Oc2ccc(C(=O)c3ccccc3)c(O)c2)C1=O. The Hall–Kier alpha value is -4.33. The number of carbonyl (C=O) groups excluding carboxylic acids is 2. The van der Waals surface area contributed by atoms with Gasteiger partial charge in [0, 0.05) is 28.8 Å². The molecule has 0 atom stereocenters. The summed E-state index contributed by atoms with van der Waals surface area (Å²) >= 11 is 0. The Bertz CT molecular complexity index is 1450. The van der Waals surface area contributed by atoms with Crippen LogP contribution in [0.3, 0.4) is 0 Å². The molecule has 32 heavy (non-hydrogen) atoms. The Labute approximate surface area is 182 Å². The first-order chi connectivity index (χ1) is 15.3. The van der Waals surface area contributed by atoms with Gasteiger partial charge in [0.1, 0.15) is 16.4 Å². The number of hydrogen-bond donors (Lipinski definition) is 1. The zero-order valence-electron chi connectivity index (χ0n) is 16.3. The molecule has 3 aromatic rings. The molecule has 0 radical (unpaired) electrons. The van der Waals surface area contributed by atoms with E-state index >= 15 is 0 Å². The van der Waals surface area contributed by atoms with E-state index < -0.39 is 27.4 Å². The zero-order valence-corrected chi connectivity index (χ0v) is 17.1. The quantitative estimate of drug-likeness (QED) is 0.277. The number of nitrogens with zero attached hydrogens (tertiary/aromatic N) is 2. The van der Waals surface area contributed by atoms with Crippen molar-refractivity contribution >= 4 is 33.5 Å². The van der Waals surface area contributed by atoms with Crippen LogP contribution in [0.5, 0.6) is 11.5 Å². The summed E-state index contributed by atoms with van der Waals surface area (Å²) in [7, 11) is -4.41. The van der Waals surface area contributed by atoms with E-state index in [0.717, 1.165) is 6.07 Å². The summed E-state index contributed by atoms with van der Waals surface area (Å²) in [6, 6.07) is 15.9. The van der Waals surface area contributed by atoms with E-state index in [0.29, 0.717) is 5.56 Å². The third kappa shape index (κ3) is 3.74. The van der Waals surface area contributed by atoms with Crippen molar-refractivity contribution in [2.75, 3.05) is 0 Å². The number of phenolic OH excluding ortho intramolecular Hbond substituents is 1. The highest BCUT2D eigenvalue weighted by atomic mass is 32.2. The van der Waals surface area contributed by atoms with Crippen LogP contribution in [0.25, 0.3) is 11.6 Å². The number of allylic oxidation sites excluding steroid dienone is 1. The molecule has 8 nitrogen and oxygen atoms in total. The fourth-order valence-electron chi connectivity index (χ4n) is 3.26. The number of Topliss-reactive ketones (excluding diaryl/α,β-unsaturated/α-hetero) is 1. The minimum Gasteiger partial charge on any atom is -0.507 e. The van der Waals surface area contributed by atoms with Gasteiger partial charge in [-0.05, 0) is 24.3 Å². The summed E-state index contributed by atoms with van der Waals surface area (Å²) in [5.41, 5.74) is 9.15. The van der Waals surface area contributed by atoms with Crippen molar-refractivity contribution in [3.8, 4) is 11.5 Å². The Balaban J connectivity index is 1.66. The molecule has 0 saturated carbocycles. The second kappa shape index (κ2) is 8.07. The molecular formula is C23H14N2O6S. The normalized spacial score (nSPS) is 12.8. The highest BCUT2D eigenvalue weighted by Gasteiger charge is 2.31. The maximum Gasteiger partial charge on any atom is 0.362 e. The van der Waals surface area contributed by atoms with Crippen molar-refractivity contribution in [2.24, 2.45) is 0 Å². The van der Waals surface area contributed by atoms with Crippen molar-refractivity contribution in [2.45, 2.75) is 4.90 Å². The third-order valence-corrected chi connectivity index (χ3v) is 6.09. The summed E-state index contributed by atoms with van der Waals surface area (Å²) in [6.45, 7) is 0. The van der Waals surface area contributed by atoms with Crippen LogP contribution < -0.4 is 4.18 Å². The van der Waals surface area contributed by atoms with Crippen LogP contribution in [0.15, 0.2) is 77.7 Å². The maximum atomic E-state index is 12.9. The summed E-state index contributed by atoms with van der Waals surface area (Å²) in [4.78, 5) is 27.5. The van der Waals surface area contributed by atoms with Gasteiger partial charge >= 0.3 is 15.8 Å². The first-order valence-electron chi connectivity index (χ1n) is 9.27. The minimum absolute atomic E-state index is 0.0117. The molecule has 3 aromatic carbocycles. The standard InChI is InChI=1S/C23H14N2O6S/c24-25-19-12-11-16-17(23(19)28)7-4-8-21(16)32(29,30)31-15-9-10-18(20(26)13-15)22(27)14-5-2-1-3-6-14/h1-13,26H. The van der Waals surface area contributed by atoms with Crippen LogP contribution in [0.1, 0.15) is 31.8 Å². The minimum atomic E-state index is -4.41. The van der Waals surface area contributed by atoms with Gasteiger partial charge in [-0.3, -0.25) is 9.59 Å². The highest BCUT2D eigenvalue weighted by molar-refractivity contribution is 7.87. The van der Waals surface area contributed by atoms with Crippen molar-refractivity contribution in [3.05, 3.63) is 101 Å². The van der Waals surface area contributed by atoms with Crippen LogP contribution in [-0.4, -0.2) is 35.6 Å². The molecule has 1 N–H and O–H groups in total. The summed E-state index contributed by atoms with van der Waals surface area (Å²) < 4.78 is 30.9. The lowest BCUT2D eigenvalue weighted by Gasteiger charge is -2.14. The molecule has 0 aliphatic heterocycles. The van der Waals surface area contributed by atoms with E-state index in [1.54, 1.807) is 30.3 Å². The van der Waals surface area contributed by atoms with Gasteiger partial charge in [0.25, 0.3) is 5.78 Å². The Kier molecular flexibility index (Phi) is 5.28. The van der Waals surface area contributed by atoms with Crippen LogP contribution in [-0.2, 0) is 10.1 Å². The molecule has 9 heteroatoms. The molecule has 0 spiro atoms.